The van der Waals surface area contributed by atoms with Gasteiger partial charge in [0.25, 0.3) is 0 Å². The molecule has 46 valence electrons. The fourth-order valence-electron chi connectivity index (χ4n) is 0.690. The monoisotopic (exact) mass is 142 g/mol. The fraction of sp³-hybridized carbons (Fsp3) is 0. The third-order valence-corrected chi connectivity index (χ3v) is 1.89. The van der Waals surface area contributed by atoms with Crippen LogP contribution >= 0.6 is 11.8 Å². The van der Waals surface area contributed by atoms with Gasteiger partial charge in [-0.2, -0.15) is 0 Å². The van der Waals surface area contributed by atoms with E-state index in [2.05, 4.69) is 18.7 Å². The van der Waals surface area contributed by atoms with E-state index in [-0.39, 0.29) is 0 Å². The van der Waals surface area contributed by atoms with Crippen LogP contribution in [-0.4, -0.2) is 17.7 Å². The van der Waals surface area contributed by atoms with E-state index in [1.165, 1.54) is 4.90 Å². The van der Waals surface area contributed by atoms with Crippen molar-refractivity contribution in [2.45, 2.75) is 4.90 Å². The van der Waals surface area contributed by atoms with Crippen molar-refractivity contribution in [2.24, 2.45) is 0 Å². The zero-order valence-corrected chi connectivity index (χ0v) is 6.82. The minimum absolute atomic E-state index is 1.13. The molecule has 0 unspecified atom stereocenters. The number of benzene rings is 1. The van der Waals surface area contributed by atoms with Gasteiger partial charge in [0.2, 0.25) is 0 Å². The molecule has 0 amide bonds. The van der Waals surface area contributed by atoms with Gasteiger partial charge < -0.3 is 0 Å². The van der Waals surface area contributed by atoms with Crippen molar-refractivity contribution >= 4 is 29.5 Å². The molecule has 0 aliphatic rings. The predicted octanol–water partition coefficient (Wildman–Crippen LogP) is 2.42. The molecule has 0 radical (unpaired) electrons. The fourth-order valence-corrected chi connectivity index (χ4v) is 1.39. The SMILES string of the molecule is [Li][C](=C)Sc1ccccc1. The van der Waals surface area contributed by atoms with Gasteiger partial charge in [0.05, 0.1) is 0 Å². The van der Waals surface area contributed by atoms with Gasteiger partial charge in [0, 0.05) is 0 Å². The molecule has 1 aromatic rings. The summed E-state index contributed by atoms with van der Waals surface area (Å²) in [6.07, 6.45) is 0. The van der Waals surface area contributed by atoms with Gasteiger partial charge in [0.1, 0.15) is 0 Å². The predicted molar refractivity (Wildman–Crippen MR) is 47.2 cm³/mol. The standard InChI is InChI=1S/C8H7S.Li/c1-2-9-8-6-4-3-5-7-8;/h3-7H,1H2;. The van der Waals surface area contributed by atoms with Gasteiger partial charge in [-0.15, -0.1) is 0 Å². The molecule has 10 heavy (non-hydrogen) atoms. The van der Waals surface area contributed by atoms with Crippen LogP contribution in [-0.2, 0) is 0 Å². The Bertz CT molecular complexity index is 218. The average molecular weight is 142 g/mol. The molecule has 1 aromatic carbocycles. The summed E-state index contributed by atoms with van der Waals surface area (Å²) in [6, 6.07) is 10.2. The topological polar surface area (TPSA) is 0 Å². The van der Waals surface area contributed by atoms with Crippen LogP contribution in [0.5, 0.6) is 0 Å². The van der Waals surface area contributed by atoms with Crippen molar-refractivity contribution in [1.29, 1.82) is 0 Å². The van der Waals surface area contributed by atoms with Crippen molar-refractivity contribution in [3.8, 4) is 0 Å². The van der Waals surface area contributed by atoms with E-state index < -0.39 is 0 Å². The molecule has 0 bridgehead atoms. The molecule has 0 atom stereocenters. The molecule has 2 heteroatoms. The molecule has 0 saturated carbocycles. The third-order valence-electron chi connectivity index (χ3n) is 1.04. The van der Waals surface area contributed by atoms with E-state index in [0.717, 1.165) is 3.58 Å². The molecule has 0 heterocycles. The molecule has 0 nitrogen and oxygen atoms in total. The van der Waals surface area contributed by atoms with Gasteiger partial charge >= 0.3 is 74.9 Å². The summed E-state index contributed by atoms with van der Waals surface area (Å²) in [5.74, 6) is 0. The van der Waals surface area contributed by atoms with Crippen molar-refractivity contribution in [3.05, 3.63) is 40.5 Å². The number of thioether (sulfide) groups is 1. The summed E-state index contributed by atoms with van der Waals surface area (Å²) in [5, 5.41) is 0. The molecule has 0 fully saturated rings. The van der Waals surface area contributed by atoms with Gasteiger partial charge in [-0.05, 0) is 0 Å². The van der Waals surface area contributed by atoms with Crippen LogP contribution < -0.4 is 0 Å². The van der Waals surface area contributed by atoms with Crippen LogP contribution in [0.3, 0.4) is 0 Å². The van der Waals surface area contributed by atoms with Crippen LogP contribution in [0.4, 0.5) is 0 Å². The van der Waals surface area contributed by atoms with E-state index in [9.17, 15) is 0 Å². The first kappa shape index (κ1) is 8.01. The van der Waals surface area contributed by atoms with Gasteiger partial charge in [-0.25, -0.2) is 0 Å². The first-order chi connectivity index (χ1) is 4.79. The Labute approximate surface area is 74.9 Å². The van der Waals surface area contributed by atoms with Crippen LogP contribution in [0.15, 0.2) is 45.4 Å². The number of rotatable bonds is 2. The van der Waals surface area contributed by atoms with E-state index in [1.54, 1.807) is 11.8 Å². The molecule has 0 aliphatic carbocycles. The molecule has 0 N–H and O–H groups in total. The molecule has 0 saturated heterocycles. The van der Waals surface area contributed by atoms with Crippen molar-refractivity contribution in [1.82, 2.24) is 0 Å². The summed E-state index contributed by atoms with van der Waals surface area (Å²) >= 11 is 3.72. The number of hydrogen-bond donors (Lipinski definition) is 0. The molecule has 0 spiro atoms. The van der Waals surface area contributed by atoms with E-state index in [0.29, 0.717) is 0 Å². The summed E-state index contributed by atoms with van der Waals surface area (Å²) < 4.78 is 1.13. The van der Waals surface area contributed by atoms with Crippen LogP contribution in [0.2, 0.25) is 0 Å². The maximum atomic E-state index is 3.81. The second kappa shape index (κ2) is 3.93. The van der Waals surface area contributed by atoms with E-state index in [4.69, 9.17) is 0 Å². The van der Waals surface area contributed by atoms with Crippen LogP contribution in [0, 0.1) is 0 Å². The first-order valence-electron chi connectivity index (χ1n) is 3.17. The Hall–Kier alpha value is -0.0926. The Morgan fingerprint density at radius 3 is 2.40 bits per heavy atom. The first-order valence-corrected chi connectivity index (χ1v) is 3.99. The third kappa shape index (κ3) is 2.66. The number of hydrogen-bond acceptors (Lipinski definition) is 1. The van der Waals surface area contributed by atoms with Gasteiger partial charge in [-0.1, -0.05) is 0 Å². The van der Waals surface area contributed by atoms with Gasteiger partial charge in [0.15, 0.2) is 0 Å². The summed E-state index contributed by atoms with van der Waals surface area (Å²) in [5.41, 5.74) is 0. The maximum absolute atomic E-state index is 3.81. The van der Waals surface area contributed by atoms with Gasteiger partial charge in [-0.3, -0.25) is 0 Å². The Balaban J connectivity index is 2.67. The molecule has 1 rings (SSSR count). The van der Waals surface area contributed by atoms with E-state index in [1.807, 2.05) is 35.9 Å². The normalized spacial score (nSPS) is 9.40. The molecular formula is C8H7LiS. The second-order valence-electron chi connectivity index (χ2n) is 2.12. The van der Waals surface area contributed by atoms with Crippen LogP contribution in [0.1, 0.15) is 0 Å². The Morgan fingerprint density at radius 2 is 1.90 bits per heavy atom. The zero-order chi connectivity index (χ0) is 7.40. The second-order valence-corrected chi connectivity index (χ2v) is 3.49. The zero-order valence-electron chi connectivity index (χ0n) is 6.00. The summed E-state index contributed by atoms with van der Waals surface area (Å²) in [4.78, 5) is 1.26. The molecule has 0 aromatic heterocycles. The summed E-state index contributed by atoms with van der Waals surface area (Å²) in [6.45, 7) is 3.81. The summed E-state index contributed by atoms with van der Waals surface area (Å²) in [7, 11) is 0. The van der Waals surface area contributed by atoms with Crippen molar-refractivity contribution < 1.29 is 0 Å². The molecular weight excluding hydrogens is 135 g/mol. The van der Waals surface area contributed by atoms with Crippen molar-refractivity contribution in [2.75, 3.05) is 0 Å². The van der Waals surface area contributed by atoms with Crippen LogP contribution in [0.25, 0.3) is 0 Å². The Kier molecular flexibility index (Phi) is 3.15. The molecule has 0 aliphatic heterocycles. The average Bonchev–Trinajstić information content (AvgIpc) is 1.88. The van der Waals surface area contributed by atoms with Crippen molar-refractivity contribution in [3.63, 3.8) is 0 Å². The Morgan fingerprint density at radius 1 is 1.30 bits per heavy atom. The van der Waals surface area contributed by atoms with E-state index >= 15 is 0 Å². The minimum atomic E-state index is 1.13. The quantitative estimate of drug-likeness (QED) is 0.451.